The van der Waals surface area contributed by atoms with Crippen LogP contribution in [0.25, 0.3) is 0 Å². The van der Waals surface area contributed by atoms with E-state index in [0.717, 1.165) is 35.7 Å². The molecular weight excluding hydrogens is 394 g/mol. The maximum atomic E-state index is 12.7. The molecule has 1 saturated carbocycles. The summed E-state index contributed by atoms with van der Waals surface area (Å²) in [5.41, 5.74) is 0.623. The molecule has 1 aromatic rings. The van der Waals surface area contributed by atoms with Crippen LogP contribution in [0.3, 0.4) is 0 Å². The largest absolute Gasteiger partial charge is 0.336 e. The van der Waals surface area contributed by atoms with E-state index in [1.165, 1.54) is 0 Å². The van der Waals surface area contributed by atoms with Crippen LogP contribution >= 0.6 is 15.9 Å². The predicted molar refractivity (Wildman–Crippen MR) is 106 cm³/mol. The average Bonchev–Trinajstić information content (AvgIpc) is 3.15. The van der Waals surface area contributed by atoms with E-state index in [0.29, 0.717) is 13.0 Å². The number of rotatable bonds is 3. The second kappa shape index (κ2) is 7.22. The molecule has 0 aromatic heterocycles. The van der Waals surface area contributed by atoms with Crippen LogP contribution in [0.15, 0.2) is 28.7 Å². The summed E-state index contributed by atoms with van der Waals surface area (Å²) in [4.78, 5) is 26.8. The van der Waals surface area contributed by atoms with E-state index < -0.39 is 0 Å². The average molecular weight is 422 g/mol. The highest BCUT2D eigenvalue weighted by atomic mass is 79.9. The lowest BCUT2D eigenvalue weighted by molar-refractivity contribution is -0.131. The molecule has 1 unspecified atom stereocenters. The van der Waals surface area contributed by atoms with Crippen LogP contribution in [-0.4, -0.2) is 35.0 Å². The van der Waals surface area contributed by atoms with Crippen LogP contribution in [0.4, 0.5) is 4.79 Å². The molecule has 142 valence electrons. The monoisotopic (exact) mass is 421 g/mol. The van der Waals surface area contributed by atoms with Gasteiger partial charge in [-0.2, -0.15) is 0 Å². The van der Waals surface area contributed by atoms with Gasteiger partial charge in [-0.05, 0) is 51.3 Å². The molecule has 1 aliphatic heterocycles. The summed E-state index contributed by atoms with van der Waals surface area (Å²) in [6.07, 6.45) is 4.47. The number of benzene rings is 1. The minimum Gasteiger partial charge on any atom is -0.336 e. The lowest BCUT2D eigenvalue weighted by Crippen LogP contribution is -2.52. The summed E-state index contributed by atoms with van der Waals surface area (Å²) in [5, 5.41) is 6.25. The van der Waals surface area contributed by atoms with Gasteiger partial charge in [0.05, 0.1) is 11.6 Å². The summed E-state index contributed by atoms with van der Waals surface area (Å²) in [6.45, 7) is 6.64. The van der Waals surface area contributed by atoms with Gasteiger partial charge in [-0.25, -0.2) is 4.79 Å². The fourth-order valence-corrected chi connectivity index (χ4v) is 4.39. The molecular formula is C20H28BrN3O2. The number of urea groups is 1. The SMILES string of the molecule is CC(C)(C)N1CC(NC(=O)NC2(c3ccc(Br)cc3)CCCC2)CC1=O. The molecule has 0 bridgehead atoms. The van der Waals surface area contributed by atoms with Crippen molar-refractivity contribution in [1.82, 2.24) is 15.5 Å². The smallest absolute Gasteiger partial charge is 0.315 e. The Balaban J connectivity index is 1.66. The second-order valence-corrected chi connectivity index (χ2v) is 9.39. The Hall–Kier alpha value is -1.56. The van der Waals surface area contributed by atoms with Crippen molar-refractivity contribution in [1.29, 1.82) is 0 Å². The molecule has 1 aromatic carbocycles. The number of hydrogen-bond donors (Lipinski definition) is 2. The molecule has 2 fully saturated rings. The Morgan fingerprint density at radius 1 is 1.19 bits per heavy atom. The normalized spacial score (nSPS) is 22.5. The maximum absolute atomic E-state index is 12.7. The number of hydrogen-bond acceptors (Lipinski definition) is 2. The highest BCUT2D eigenvalue weighted by Gasteiger charge is 2.40. The van der Waals surface area contributed by atoms with Crippen LogP contribution in [-0.2, 0) is 10.3 Å². The van der Waals surface area contributed by atoms with Crippen molar-refractivity contribution in [2.75, 3.05) is 6.54 Å². The second-order valence-electron chi connectivity index (χ2n) is 8.47. The van der Waals surface area contributed by atoms with Gasteiger partial charge in [-0.3, -0.25) is 4.79 Å². The van der Waals surface area contributed by atoms with Crippen molar-refractivity contribution in [3.05, 3.63) is 34.3 Å². The number of carbonyl (C=O) groups excluding carboxylic acids is 2. The van der Waals surface area contributed by atoms with Crippen LogP contribution in [0.2, 0.25) is 0 Å². The minimum atomic E-state index is -0.308. The standard InChI is InChI=1S/C20H28BrN3O2/c1-19(2,3)24-13-16(12-17(24)25)22-18(26)23-20(10-4-5-11-20)14-6-8-15(21)9-7-14/h6-9,16H,4-5,10-13H2,1-3H3,(H2,22,23,26). The Kier molecular flexibility index (Phi) is 5.33. The molecule has 3 amide bonds. The van der Waals surface area contributed by atoms with E-state index in [1.54, 1.807) is 0 Å². The van der Waals surface area contributed by atoms with Crippen molar-refractivity contribution < 1.29 is 9.59 Å². The van der Waals surface area contributed by atoms with E-state index in [1.807, 2.05) is 37.8 Å². The third kappa shape index (κ3) is 4.05. The molecule has 6 heteroatoms. The summed E-state index contributed by atoms with van der Waals surface area (Å²) >= 11 is 3.47. The molecule has 5 nitrogen and oxygen atoms in total. The molecule has 3 rings (SSSR count). The van der Waals surface area contributed by atoms with Gasteiger partial charge < -0.3 is 15.5 Å². The highest BCUT2D eigenvalue weighted by molar-refractivity contribution is 9.10. The van der Waals surface area contributed by atoms with Gasteiger partial charge in [-0.15, -0.1) is 0 Å². The summed E-state index contributed by atoms with van der Waals surface area (Å²) in [6, 6.07) is 7.89. The van der Waals surface area contributed by atoms with Crippen LogP contribution < -0.4 is 10.6 Å². The van der Waals surface area contributed by atoms with Crippen molar-refractivity contribution in [3.8, 4) is 0 Å². The summed E-state index contributed by atoms with van der Waals surface area (Å²) in [7, 11) is 0. The van der Waals surface area contributed by atoms with Gasteiger partial charge in [0.1, 0.15) is 0 Å². The first-order chi connectivity index (χ1) is 12.2. The first-order valence-electron chi connectivity index (χ1n) is 9.35. The topological polar surface area (TPSA) is 61.4 Å². The predicted octanol–water partition coefficient (Wildman–Crippen LogP) is 3.92. The van der Waals surface area contributed by atoms with Gasteiger partial charge in [0, 0.05) is 23.0 Å². The van der Waals surface area contributed by atoms with Gasteiger partial charge in [0.25, 0.3) is 0 Å². The maximum Gasteiger partial charge on any atom is 0.315 e. The zero-order chi connectivity index (χ0) is 18.9. The zero-order valence-corrected chi connectivity index (χ0v) is 17.4. The Labute approximate surface area is 164 Å². The number of nitrogens with one attached hydrogen (secondary N) is 2. The lowest BCUT2D eigenvalue weighted by Gasteiger charge is -2.33. The van der Waals surface area contributed by atoms with Crippen molar-refractivity contribution in [2.45, 2.75) is 70.0 Å². The number of carbonyl (C=O) groups is 2. The Bertz CT molecular complexity index is 675. The van der Waals surface area contributed by atoms with E-state index in [-0.39, 0.29) is 29.1 Å². The third-order valence-corrected chi connectivity index (χ3v) is 6.01. The highest BCUT2D eigenvalue weighted by Crippen LogP contribution is 2.39. The molecule has 1 aliphatic carbocycles. The number of nitrogens with zero attached hydrogens (tertiary/aromatic N) is 1. The molecule has 2 aliphatic rings. The lowest BCUT2D eigenvalue weighted by atomic mass is 9.88. The number of amides is 3. The first-order valence-corrected chi connectivity index (χ1v) is 10.1. The van der Waals surface area contributed by atoms with Gasteiger partial charge in [-0.1, -0.05) is 40.9 Å². The third-order valence-electron chi connectivity index (χ3n) is 5.48. The number of likely N-dealkylation sites (tertiary alicyclic amines) is 1. The summed E-state index contributed by atoms with van der Waals surface area (Å²) < 4.78 is 1.03. The van der Waals surface area contributed by atoms with Gasteiger partial charge in [0.15, 0.2) is 0 Å². The Morgan fingerprint density at radius 2 is 1.81 bits per heavy atom. The van der Waals surface area contributed by atoms with Crippen molar-refractivity contribution >= 4 is 27.9 Å². The number of halogens is 1. The fraction of sp³-hybridized carbons (Fsp3) is 0.600. The van der Waals surface area contributed by atoms with Crippen LogP contribution in [0.5, 0.6) is 0 Å². The quantitative estimate of drug-likeness (QED) is 0.776. The van der Waals surface area contributed by atoms with Crippen LogP contribution in [0.1, 0.15) is 58.4 Å². The summed E-state index contributed by atoms with van der Waals surface area (Å²) in [5.74, 6) is 0.103. The molecule has 26 heavy (non-hydrogen) atoms. The van der Waals surface area contributed by atoms with E-state index in [4.69, 9.17) is 0 Å². The molecule has 1 saturated heterocycles. The first kappa shape index (κ1) is 19.2. The van der Waals surface area contributed by atoms with E-state index in [2.05, 4.69) is 38.7 Å². The molecule has 1 atom stereocenters. The zero-order valence-electron chi connectivity index (χ0n) is 15.8. The molecule has 0 spiro atoms. The Morgan fingerprint density at radius 3 is 2.35 bits per heavy atom. The molecule has 1 heterocycles. The van der Waals surface area contributed by atoms with Crippen molar-refractivity contribution in [3.63, 3.8) is 0 Å². The van der Waals surface area contributed by atoms with Crippen LogP contribution in [0, 0.1) is 0 Å². The molecule has 0 radical (unpaired) electrons. The van der Waals surface area contributed by atoms with E-state index in [9.17, 15) is 9.59 Å². The fourth-order valence-electron chi connectivity index (χ4n) is 4.12. The van der Waals surface area contributed by atoms with Gasteiger partial charge in [0.2, 0.25) is 5.91 Å². The van der Waals surface area contributed by atoms with Gasteiger partial charge >= 0.3 is 6.03 Å². The molecule has 2 N–H and O–H groups in total. The van der Waals surface area contributed by atoms with Crippen molar-refractivity contribution in [2.24, 2.45) is 0 Å². The minimum absolute atomic E-state index is 0.103. The van der Waals surface area contributed by atoms with E-state index >= 15 is 0 Å².